The lowest BCUT2D eigenvalue weighted by Gasteiger charge is -2.16. The summed E-state index contributed by atoms with van der Waals surface area (Å²) in [7, 11) is 0. The van der Waals surface area contributed by atoms with E-state index in [1.165, 1.54) is 0 Å². The van der Waals surface area contributed by atoms with Crippen molar-refractivity contribution in [3.05, 3.63) is 48.0 Å². The van der Waals surface area contributed by atoms with Crippen LogP contribution in [-0.2, 0) is 4.74 Å². The minimum Gasteiger partial charge on any atom is -0.440 e. The first kappa shape index (κ1) is 11.4. The average Bonchev–Trinajstić information content (AvgIpc) is 2.35. The normalized spacial score (nSPS) is 12.3. The van der Waals surface area contributed by atoms with E-state index < -0.39 is 12.2 Å². The van der Waals surface area contributed by atoms with E-state index in [1.54, 1.807) is 0 Å². The fraction of sp³-hybridized carbons (Fsp3) is 0.154. The van der Waals surface area contributed by atoms with Crippen LogP contribution in [0.5, 0.6) is 0 Å². The largest absolute Gasteiger partial charge is 0.440 e. The van der Waals surface area contributed by atoms with E-state index in [0.29, 0.717) is 0 Å². The molecule has 0 aromatic heterocycles. The lowest BCUT2D eigenvalue weighted by atomic mass is 10.0. The topological polar surface area (TPSA) is 78.3 Å². The number of benzene rings is 2. The minimum atomic E-state index is -0.812. The molecule has 1 atom stereocenters. The quantitative estimate of drug-likeness (QED) is 0.845. The molecule has 0 bridgehead atoms. The van der Waals surface area contributed by atoms with E-state index in [-0.39, 0.29) is 6.54 Å². The number of rotatable bonds is 3. The van der Waals surface area contributed by atoms with Crippen LogP contribution in [0.15, 0.2) is 42.5 Å². The predicted octanol–water partition coefficient (Wildman–Crippen LogP) is 1.93. The van der Waals surface area contributed by atoms with Gasteiger partial charge in [-0.2, -0.15) is 0 Å². The highest BCUT2D eigenvalue weighted by Gasteiger charge is 2.15. The average molecular weight is 230 g/mol. The van der Waals surface area contributed by atoms with Crippen molar-refractivity contribution in [1.29, 1.82) is 0 Å². The monoisotopic (exact) mass is 230 g/mol. The van der Waals surface area contributed by atoms with Crippen LogP contribution in [0, 0.1) is 0 Å². The van der Waals surface area contributed by atoms with Crippen LogP contribution in [0.25, 0.3) is 10.8 Å². The summed E-state index contributed by atoms with van der Waals surface area (Å²) < 4.78 is 5.01. The van der Waals surface area contributed by atoms with Crippen LogP contribution in [0.2, 0.25) is 0 Å². The number of fused-ring (bicyclic) bond motifs is 1. The van der Waals surface area contributed by atoms with Crippen LogP contribution in [-0.4, -0.2) is 12.6 Å². The zero-order chi connectivity index (χ0) is 12.3. The molecule has 2 aromatic carbocycles. The molecule has 1 unspecified atom stereocenters. The van der Waals surface area contributed by atoms with Crippen LogP contribution < -0.4 is 11.5 Å². The SMILES string of the molecule is NCC(OC(N)=O)c1cccc2ccccc12. The number of amides is 1. The molecule has 4 heteroatoms. The first-order valence-corrected chi connectivity index (χ1v) is 5.36. The van der Waals surface area contributed by atoms with E-state index >= 15 is 0 Å². The molecule has 0 spiro atoms. The number of hydrogen-bond acceptors (Lipinski definition) is 3. The molecule has 2 aromatic rings. The van der Waals surface area contributed by atoms with Gasteiger partial charge in [-0.15, -0.1) is 0 Å². The van der Waals surface area contributed by atoms with Gasteiger partial charge < -0.3 is 16.2 Å². The van der Waals surface area contributed by atoms with Gasteiger partial charge in [0.05, 0.1) is 0 Å². The molecule has 0 aliphatic rings. The highest BCUT2D eigenvalue weighted by atomic mass is 16.6. The number of hydrogen-bond donors (Lipinski definition) is 2. The van der Waals surface area contributed by atoms with Crippen molar-refractivity contribution < 1.29 is 9.53 Å². The lowest BCUT2D eigenvalue weighted by molar-refractivity contribution is 0.112. The van der Waals surface area contributed by atoms with Gasteiger partial charge in [-0.05, 0) is 10.8 Å². The molecule has 0 aliphatic heterocycles. The third-order valence-electron chi connectivity index (χ3n) is 2.64. The number of ether oxygens (including phenoxy) is 1. The maximum Gasteiger partial charge on any atom is 0.405 e. The Morgan fingerprint density at radius 1 is 1.18 bits per heavy atom. The second kappa shape index (κ2) is 4.84. The molecule has 88 valence electrons. The molecule has 17 heavy (non-hydrogen) atoms. The van der Waals surface area contributed by atoms with E-state index in [9.17, 15) is 4.79 Å². The zero-order valence-electron chi connectivity index (χ0n) is 9.30. The minimum absolute atomic E-state index is 0.205. The van der Waals surface area contributed by atoms with Gasteiger partial charge in [0.1, 0.15) is 6.10 Å². The Kier molecular flexibility index (Phi) is 3.25. The third-order valence-corrected chi connectivity index (χ3v) is 2.64. The van der Waals surface area contributed by atoms with Gasteiger partial charge in [0.15, 0.2) is 0 Å². The van der Waals surface area contributed by atoms with Gasteiger partial charge in [-0.1, -0.05) is 42.5 Å². The van der Waals surface area contributed by atoms with E-state index in [4.69, 9.17) is 16.2 Å². The van der Waals surface area contributed by atoms with Crippen molar-refractivity contribution in [2.24, 2.45) is 11.5 Å². The molecule has 0 radical (unpaired) electrons. The third kappa shape index (κ3) is 2.37. The summed E-state index contributed by atoms with van der Waals surface area (Å²) in [4.78, 5) is 10.8. The first-order chi connectivity index (χ1) is 8.22. The second-order valence-corrected chi connectivity index (χ2v) is 3.73. The predicted molar refractivity (Wildman–Crippen MR) is 66.4 cm³/mol. The Morgan fingerprint density at radius 3 is 2.59 bits per heavy atom. The van der Waals surface area contributed by atoms with E-state index in [2.05, 4.69) is 0 Å². The first-order valence-electron chi connectivity index (χ1n) is 5.36. The van der Waals surface area contributed by atoms with Crippen LogP contribution in [0.3, 0.4) is 0 Å². The molecule has 1 amide bonds. The second-order valence-electron chi connectivity index (χ2n) is 3.73. The Bertz CT molecular complexity index is 534. The summed E-state index contributed by atoms with van der Waals surface area (Å²) in [6.07, 6.45) is -1.31. The molecule has 2 rings (SSSR count). The summed E-state index contributed by atoms with van der Waals surface area (Å²) in [6.45, 7) is 0.205. The maximum absolute atomic E-state index is 10.8. The molecule has 0 aliphatic carbocycles. The van der Waals surface area contributed by atoms with E-state index in [0.717, 1.165) is 16.3 Å². The van der Waals surface area contributed by atoms with Crippen molar-refractivity contribution >= 4 is 16.9 Å². The van der Waals surface area contributed by atoms with Gasteiger partial charge in [-0.3, -0.25) is 0 Å². The molecule has 0 saturated heterocycles. The van der Waals surface area contributed by atoms with E-state index in [1.807, 2.05) is 42.5 Å². The van der Waals surface area contributed by atoms with Crippen LogP contribution in [0.1, 0.15) is 11.7 Å². The standard InChI is InChI=1S/C13H14N2O2/c14-8-12(17-13(15)16)11-7-3-5-9-4-1-2-6-10(9)11/h1-7,12H,8,14H2,(H2,15,16). The van der Waals surface area contributed by atoms with Gasteiger partial charge in [-0.25, -0.2) is 4.79 Å². The molecular formula is C13H14N2O2. The van der Waals surface area contributed by atoms with Gasteiger partial charge in [0.25, 0.3) is 0 Å². The van der Waals surface area contributed by atoms with Crippen molar-refractivity contribution in [3.8, 4) is 0 Å². The Labute approximate surface area is 99.2 Å². The smallest absolute Gasteiger partial charge is 0.405 e. The molecule has 4 nitrogen and oxygen atoms in total. The number of nitrogens with two attached hydrogens (primary N) is 2. The van der Waals surface area contributed by atoms with Crippen molar-refractivity contribution in [1.82, 2.24) is 0 Å². The van der Waals surface area contributed by atoms with Crippen molar-refractivity contribution in [3.63, 3.8) is 0 Å². The maximum atomic E-state index is 10.8. The van der Waals surface area contributed by atoms with Gasteiger partial charge in [0, 0.05) is 12.1 Å². The molecular weight excluding hydrogens is 216 g/mol. The molecule has 0 fully saturated rings. The zero-order valence-corrected chi connectivity index (χ0v) is 9.30. The number of carbonyl (C=O) groups excluding carboxylic acids is 1. The van der Waals surface area contributed by atoms with Crippen molar-refractivity contribution in [2.75, 3.05) is 6.54 Å². The molecule has 0 saturated carbocycles. The summed E-state index contributed by atoms with van der Waals surface area (Å²) in [5.41, 5.74) is 11.5. The highest BCUT2D eigenvalue weighted by molar-refractivity contribution is 5.86. The highest BCUT2D eigenvalue weighted by Crippen LogP contribution is 2.25. The number of primary amides is 1. The van der Waals surface area contributed by atoms with Crippen LogP contribution in [0.4, 0.5) is 4.79 Å². The fourth-order valence-electron chi connectivity index (χ4n) is 1.91. The summed E-state index contributed by atoms with van der Waals surface area (Å²) in [5.74, 6) is 0. The Balaban J connectivity index is 2.49. The fourth-order valence-corrected chi connectivity index (χ4v) is 1.91. The summed E-state index contributed by atoms with van der Waals surface area (Å²) in [5, 5.41) is 2.10. The van der Waals surface area contributed by atoms with Gasteiger partial charge in [0.2, 0.25) is 0 Å². The summed E-state index contributed by atoms with van der Waals surface area (Å²) >= 11 is 0. The molecule has 4 N–H and O–H groups in total. The van der Waals surface area contributed by atoms with Crippen molar-refractivity contribution in [2.45, 2.75) is 6.10 Å². The Morgan fingerprint density at radius 2 is 1.88 bits per heavy atom. The summed E-state index contributed by atoms with van der Waals surface area (Å²) in [6, 6.07) is 13.7. The Hall–Kier alpha value is -2.07. The van der Waals surface area contributed by atoms with Crippen LogP contribution >= 0.6 is 0 Å². The lowest BCUT2D eigenvalue weighted by Crippen LogP contribution is -2.23. The number of carbonyl (C=O) groups is 1. The molecule has 0 heterocycles. The van der Waals surface area contributed by atoms with Gasteiger partial charge >= 0.3 is 6.09 Å².